The van der Waals surface area contributed by atoms with Crippen LogP contribution in [0.2, 0.25) is 0 Å². The first-order valence-electron chi connectivity index (χ1n) is 2.41. The smallest absolute Gasteiger partial charge is 0.181 e. The van der Waals surface area contributed by atoms with E-state index in [4.69, 9.17) is 5.73 Å². The van der Waals surface area contributed by atoms with Crippen molar-refractivity contribution in [3.05, 3.63) is 29.8 Å². The minimum atomic E-state index is -0.975. The Morgan fingerprint density at radius 1 is 1.20 bits per heavy atom. The lowest BCUT2D eigenvalue weighted by Crippen LogP contribution is -1.92. The van der Waals surface area contributed by atoms with Crippen molar-refractivity contribution in [3.63, 3.8) is 0 Å². The summed E-state index contributed by atoms with van der Waals surface area (Å²) in [7, 11) is 0. The molecule has 0 aliphatic carbocycles. The minimum Gasteiger partial charge on any atom is -0.396 e. The Kier molecular flexibility index (Phi) is 2.80. The van der Waals surface area contributed by atoms with Crippen LogP contribution in [0.15, 0.2) is 18.2 Å². The molecule has 0 saturated heterocycles. The SMILES string of the molecule is C.Nc1cccc(F)c1F. The van der Waals surface area contributed by atoms with E-state index in [0.717, 1.165) is 6.07 Å². The van der Waals surface area contributed by atoms with Crippen molar-refractivity contribution in [2.45, 2.75) is 7.43 Å². The van der Waals surface area contributed by atoms with Crippen LogP contribution in [0.5, 0.6) is 0 Å². The molecule has 1 aromatic rings. The summed E-state index contributed by atoms with van der Waals surface area (Å²) in [5, 5.41) is 0. The highest BCUT2D eigenvalue weighted by Gasteiger charge is 2.01. The van der Waals surface area contributed by atoms with Gasteiger partial charge in [-0.3, -0.25) is 0 Å². The lowest BCUT2D eigenvalue weighted by atomic mass is 10.3. The van der Waals surface area contributed by atoms with Crippen LogP contribution in [-0.2, 0) is 0 Å². The van der Waals surface area contributed by atoms with Crippen molar-refractivity contribution in [1.82, 2.24) is 0 Å². The number of nitrogen functional groups attached to an aromatic ring is 1. The van der Waals surface area contributed by atoms with Crippen molar-refractivity contribution in [3.8, 4) is 0 Å². The van der Waals surface area contributed by atoms with E-state index >= 15 is 0 Å². The van der Waals surface area contributed by atoms with Gasteiger partial charge >= 0.3 is 0 Å². The fraction of sp³-hybridized carbons (Fsp3) is 0.143. The first kappa shape index (κ1) is 8.88. The van der Waals surface area contributed by atoms with Crippen LogP contribution in [0.4, 0.5) is 14.5 Å². The van der Waals surface area contributed by atoms with Gasteiger partial charge in [-0.1, -0.05) is 13.5 Å². The summed E-state index contributed by atoms with van der Waals surface area (Å²) in [5.74, 6) is -1.88. The third-order valence-electron chi connectivity index (χ3n) is 0.981. The van der Waals surface area contributed by atoms with Crippen LogP contribution in [-0.4, -0.2) is 0 Å². The lowest BCUT2D eigenvalue weighted by molar-refractivity contribution is 0.512. The normalized spacial score (nSPS) is 8.60. The molecule has 56 valence electrons. The van der Waals surface area contributed by atoms with E-state index in [1.165, 1.54) is 12.1 Å². The lowest BCUT2D eigenvalue weighted by Gasteiger charge is -1.93. The summed E-state index contributed by atoms with van der Waals surface area (Å²) in [5.41, 5.74) is 4.85. The number of anilines is 1. The highest BCUT2D eigenvalue weighted by atomic mass is 19.2. The molecule has 0 bridgehead atoms. The molecule has 0 aliphatic heterocycles. The molecule has 0 radical (unpaired) electrons. The third-order valence-corrected chi connectivity index (χ3v) is 0.981. The van der Waals surface area contributed by atoms with Crippen LogP contribution >= 0.6 is 0 Å². The van der Waals surface area contributed by atoms with E-state index in [9.17, 15) is 8.78 Å². The van der Waals surface area contributed by atoms with Gasteiger partial charge in [0, 0.05) is 0 Å². The van der Waals surface area contributed by atoms with Gasteiger partial charge in [0.25, 0.3) is 0 Å². The highest BCUT2D eigenvalue weighted by Crippen LogP contribution is 2.11. The predicted octanol–water partition coefficient (Wildman–Crippen LogP) is 2.18. The number of rotatable bonds is 0. The Morgan fingerprint density at radius 2 is 1.80 bits per heavy atom. The summed E-state index contributed by atoms with van der Waals surface area (Å²) in [4.78, 5) is 0. The van der Waals surface area contributed by atoms with Gasteiger partial charge in [0.2, 0.25) is 0 Å². The quantitative estimate of drug-likeness (QED) is 0.556. The van der Waals surface area contributed by atoms with Crippen LogP contribution in [0, 0.1) is 11.6 Å². The fourth-order valence-electron chi connectivity index (χ4n) is 0.520. The van der Waals surface area contributed by atoms with Crippen molar-refractivity contribution in [2.24, 2.45) is 0 Å². The molecule has 0 saturated carbocycles. The number of hydrogen-bond donors (Lipinski definition) is 1. The van der Waals surface area contributed by atoms with Gasteiger partial charge in [-0.2, -0.15) is 0 Å². The van der Waals surface area contributed by atoms with Crippen molar-refractivity contribution in [2.75, 3.05) is 5.73 Å². The van der Waals surface area contributed by atoms with E-state index < -0.39 is 11.6 Å². The average Bonchev–Trinajstić information content (AvgIpc) is 1.83. The molecule has 0 heterocycles. The largest absolute Gasteiger partial charge is 0.396 e. The summed E-state index contributed by atoms with van der Waals surface area (Å²) in [6, 6.07) is 3.68. The van der Waals surface area contributed by atoms with Crippen LogP contribution in [0.25, 0.3) is 0 Å². The van der Waals surface area contributed by atoms with Gasteiger partial charge in [-0.15, -0.1) is 0 Å². The monoisotopic (exact) mass is 145 g/mol. The second-order valence-corrected chi connectivity index (χ2v) is 1.64. The van der Waals surface area contributed by atoms with Crippen LogP contribution < -0.4 is 5.73 Å². The van der Waals surface area contributed by atoms with E-state index in [-0.39, 0.29) is 13.1 Å². The molecule has 0 atom stereocenters. The van der Waals surface area contributed by atoms with E-state index in [1.807, 2.05) is 0 Å². The molecule has 0 aromatic heterocycles. The molecule has 10 heavy (non-hydrogen) atoms. The Bertz CT molecular complexity index is 203. The molecule has 0 fully saturated rings. The van der Waals surface area contributed by atoms with Gasteiger partial charge in [0.15, 0.2) is 11.6 Å². The maximum atomic E-state index is 12.2. The van der Waals surface area contributed by atoms with E-state index in [1.54, 1.807) is 0 Å². The Balaban J connectivity index is 0.000000810. The molecule has 1 rings (SSSR count). The Morgan fingerprint density at radius 3 is 2.20 bits per heavy atom. The zero-order valence-corrected chi connectivity index (χ0v) is 4.57. The molecule has 0 amide bonds. The maximum Gasteiger partial charge on any atom is 0.181 e. The molecule has 0 spiro atoms. The van der Waals surface area contributed by atoms with Crippen molar-refractivity contribution >= 4 is 5.69 Å². The third kappa shape index (κ3) is 1.43. The number of nitrogens with two attached hydrogens (primary N) is 1. The molecular weight excluding hydrogens is 136 g/mol. The summed E-state index contributed by atoms with van der Waals surface area (Å²) < 4.78 is 24.4. The predicted molar refractivity (Wildman–Crippen MR) is 37.5 cm³/mol. The molecule has 0 aliphatic rings. The standard InChI is InChI=1S/C6H5F2N.CH4/c7-4-2-1-3-5(9)6(4)8;/h1-3H,9H2;1H4. The molecule has 0 unspecified atom stereocenters. The van der Waals surface area contributed by atoms with Gasteiger partial charge < -0.3 is 5.73 Å². The average molecular weight is 145 g/mol. The second kappa shape index (κ2) is 3.15. The van der Waals surface area contributed by atoms with Gasteiger partial charge in [0.05, 0.1) is 5.69 Å². The molecule has 1 aromatic carbocycles. The van der Waals surface area contributed by atoms with E-state index in [0.29, 0.717) is 0 Å². The zero-order valence-electron chi connectivity index (χ0n) is 4.57. The minimum absolute atomic E-state index is 0. The summed E-state index contributed by atoms with van der Waals surface area (Å²) in [6.45, 7) is 0. The summed E-state index contributed by atoms with van der Waals surface area (Å²) >= 11 is 0. The molecule has 2 N–H and O–H groups in total. The molecular formula is C7H9F2N. The van der Waals surface area contributed by atoms with E-state index in [2.05, 4.69) is 0 Å². The summed E-state index contributed by atoms with van der Waals surface area (Å²) in [6.07, 6.45) is 0. The highest BCUT2D eigenvalue weighted by molar-refractivity contribution is 5.39. The van der Waals surface area contributed by atoms with Crippen LogP contribution in [0.3, 0.4) is 0 Å². The van der Waals surface area contributed by atoms with Gasteiger partial charge in [-0.05, 0) is 12.1 Å². The van der Waals surface area contributed by atoms with Crippen molar-refractivity contribution in [1.29, 1.82) is 0 Å². The fourth-order valence-corrected chi connectivity index (χ4v) is 0.520. The first-order chi connectivity index (χ1) is 4.22. The first-order valence-corrected chi connectivity index (χ1v) is 2.41. The maximum absolute atomic E-state index is 12.2. The van der Waals surface area contributed by atoms with Crippen LogP contribution in [0.1, 0.15) is 7.43 Å². The molecule has 1 nitrogen and oxygen atoms in total. The number of hydrogen-bond acceptors (Lipinski definition) is 1. The Labute approximate surface area is 58.5 Å². The van der Waals surface area contributed by atoms with Gasteiger partial charge in [-0.25, -0.2) is 8.78 Å². The Hall–Kier alpha value is -1.12. The topological polar surface area (TPSA) is 26.0 Å². The van der Waals surface area contributed by atoms with Gasteiger partial charge in [0.1, 0.15) is 0 Å². The zero-order chi connectivity index (χ0) is 6.85. The molecule has 3 heteroatoms. The second-order valence-electron chi connectivity index (χ2n) is 1.64. The van der Waals surface area contributed by atoms with Crippen molar-refractivity contribution < 1.29 is 8.78 Å². The number of halogens is 2. The number of benzene rings is 1.